The van der Waals surface area contributed by atoms with Gasteiger partial charge in [-0.1, -0.05) is 6.92 Å². The van der Waals surface area contributed by atoms with Crippen molar-refractivity contribution in [3.8, 4) is 0 Å². The molecule has 2 N–H and O–H groups in total. The molecule has 0 aliphatic heterocycles. The summed E-state index contributed by atoms with van der Waals surface area (Å²) in [6.07, 6.45) is 2.78. The Balaban J connectivity index is 2.47. The van der Waals surface area contributed by atoms with Crippen molar-refractivity contribution >= 4 is 5.91 Å². The predicted octanol–water partition coefficient (Wildman–Crippen LogP) is 1.40. The number of hydrogen-bond donors (Lipinski definition) is 2. The van der Waals surface area contributed by atoms with Crippen LogP contribution in [0.2, 0.25) is 0 Å². The molecule has 0 saturated heterocycles. The Morgan fingerprint density at radius 1 is 1.67 bits per heavy atom. The van der Waals surface area contributed by atoms with Gasteiger partial charge in [0, 0.05) is 6.42 Å². The quantitative estimate of drug-likeness (QED) is 0.774. The second kappa shape index (κ2) is 4.98. The number of carbonyl (C=O) groups excluding carboxylic acids is 1. The van der Waals surface area contributed by atoms with Crippen LogP contribution in [0.15, 0.2) is 22.8 Å². The van der Waals surface area contributed by atoms with Gasteiger partial charge in [0.25, 0.3) is 0 Å². The first-order chi connectivity index (χ1) is 7.06. The fourth-order valence-corrected chi connectivity index (χ4v) is 1.26. The Morgan fingerprint density at radius 2 is 2.40 bits per heavy atom. The first kappa shape index (κ1) is 11.8. The maximum Gasteiger partial charge on any atom is 0.220 e. The highest BCUT2D eigenvalue weighted by Gasteiger charge is 2.26. The van der Waals surface area contributed by atoms with Crippen LogP contribution in [-0.4, -0.2) is 17.6 Å². The third-order valence-electron chi connectivity index (χ3n) is 2.16. The smallest absolute Gasteiger partial charge is 0.220 e. The van der Waals surface area contributed by atoms with Crippen LogP contribution in [-0.2, 0) is 10.4 Å². The molecule has 0 radical (unpaired) electrons. The lowest BCUT2D eigenvalue weighted by Crippen LogP contribution is -2.38. The zero-order valence-corrected chi connectivity index (χ0v) is 9.12. The van der Waals surface area contributed by atoms with E-state index >= 15 is 0 Å². The van der Waals surface area contributed by atoms with E-state index < -0.39 is 5.60 Å². The highest BCUT2D eigenvalue weighted by atomic mass is 16.4. The number of amides is 1. The van der Waals surface area contributed by atoms with Crippen molar-refractivity contribution < 1.29 is 14.3 Å². The van der Waals surface area contributed by atoms with E-state index in [9.17, 15) is 9.90 Å². The van der Waals surface area contributed by atoms with Crippen LogP contribution in [0.25, 0.3) is 0 Å². The van der Waals surface area contributed by atoms with Crippen LogP contribution >= 0.6 is 0 Å². The van der Waals surface area contributed by atoms with E-state index in [1.54, 1.807) is 19.1 Å². The molecule has 1 rings (SSSR count). The van der Waals surface area contributed by atoms with Gasteiger partial charge in [-0.2, -0.15) is 0 Å². The fraction of sp³-hybridized carbons (Fsp3) is 0.545. The molecular formula is C11H17NO3. The second-order valence-electron chi connectivity index (χ2n) is 3.78. The van der Waals surface area contributed by atoms with Crippen LogP contribution in [0.3, 0.4) is 0 Å². The van der Waals surface area contributed by atoms with Gasteiger partial charge in [-0.25, -0.2) is 0 Å². The lowest BCUT2D eigenvalue weighted by atomic mass is 10.0. The van der Waals surface area contributed by atoms with Crippen molar-refractivity contribution in [2.75, 3.05) is 6.54 Å². The molecule has 0 fully saturated rings. The number of nitrogens with one attached hydrogen (secondary N) is 1. The molecule has 0 bridgehead atoms. The molecule has 0 saturated carbocycles. The van der Waals surface area contributed by atoms with E-state index in [0.29, 0.717) is 12.2 Å². The van der Waals surface area contributed by atoms with Crippen molar-refractivity contribution in [3.63, 3.8) is 0 Å². The number of carbonyl (C=O) groups is 1. The van der Waals surface area contributed by atoms with Crippen LogP contribution in [0.5, 0.6) is 0 Å². The fourth-order valence-electron chi connectivity index (χ4n) is 1.26. The van der Waals surface area contributed by atoms with Crippen molar-refractivity contribution in [1.82, 2.24) is 5.32 Å². The SMILES string of the molecule is CCCC(=O)NCC(C)(O)c1ccco1. The Morgan fingerprint density at radius 3 is 2.93 bits per heavy atom. The molecule has 15 heavy (non-hydrogen) atoms. The van der Waals surface area contributed by atoms with Crippen LogP contribution in [0.1, 0.15) is 32.4 Å². The molecule has 4 heteroatoms. The second-order valence-corrected chi connectivity index (χ2v) is 3.78. The van der Waals surface area contributed by atoms with Crippen LogP contribution < -0.4 is 5.32 Å². The van der Waals surface area contributed by atoms with Gasteiger partial charge in [0.05, 0.1) is 12.8 Å². The number of aliphatic hydroxyl groups is 1. The topological polar surface area (TPSA) is 62.5 Å². The molecule has 1 unspecified atom stereocenters. The highest BCUT2D eigenvalue weighted by Crippen LogP contribution is 2.19. The molecule has 0 spiro atoms. The summed E-state index contributed by atoms with van der Waals surface area (Å²) in [5.41, 5.74) is -1.15. The standard InChI is InChI=1S/C11H17NO3/c1-3-5-10(13)12-8-11(2,14)9-6-4-7-15-9/h4,6-7,14H,3,5,8H2,1-2H3,(H,12,13). The summed E-state index contributed by atoms with van der Waals surface area (Å²) < 4.78 is 5.09. The molecule has 1 atom stereocenters. The van der Waals surface area contributed by atoms with Crippen molar-refractivity contribution in [2.24, 2.45) is 0 Å². The van der Waals surface area contributed by atoms with Gasteiger partial charge in [-0.05, 0) is 25.5 Å². The number of rotatable bonds is 5. The molecule has 84 valence electrons. The van der Waals surface area contributed by atoms with Gasteiger partial charge in [-0.3, -0.25) is 4.79 Å². The zero-order chi connectivity index (χ0) is 11.3. The van der Waals surface area contributed by atoms with Gasteiger partial charge in [0.15, 0.2) is 0 Å². The molecular weight excluding hydrogens is 194 g/mol. The van der Waals surface area contributed by atoms with Crippen LogP contribution in [0, 0.1) is 0 Å². The summed E-state index contributed by atoms with van der Waals surface area (Å²) in [4.78, 5) is 11.2. The number of furan rings is 1. The van der Waals surface area contributed by atoms with Crippen LogP contribution in [0.4, 0.5) is 0 Å². The minimum absolute atomic E-state index is 0.0515. The molecule has 1 amide bonds. The van der Waals surface area contributed by atoms with Crippen molar-refractivity contribution in [1.29, 1.82) is 0 Å². The maximum atomic E-state index is 11.2. The van der Waals surface area contributed by atoms with E-state index in [-0.39, 0.29) is 12.5 Å². The maximum absolute atomic E-state index is 11.2. The largest absolute Gasteiger partial charge is 0.466 e. The average Bonchev–Trinajstić information content (AvgIpc) is 2.69. The minimum Gasteiger partial charge on any atom is -0.466 e. The summed E-state index contributed by atoms with van der Waals surface area (Å²) >= 11 is 0. The van der Waals surface area contributed by atoms with Gasteiger partial charge in [0.2, 0.25) is 5.91 Å². The first-order valence-corrected chi connectivity index (χ1v) is 5.09. The van der Waals surface area contributed by atoms with Crippen molar-refractivity contribution in [2.45, 2.75) is 32.3 Å². The average molecular weight is 211 g/mol. The Labute approximate surface area is 89.3 Å². The van der Waals surface area contributed by atoms with E-state index in [1.165, 1.54) is 6.26 Å². The van der Waals surface area contributed by atoms with Crippen molar-refractivity contribution in [3.05, 3.63) is 24.2 Å². The summed E-state index contributed by atoms with van der Waals surface area (Å²) in [5.74, 6) is 0.406. The summed E-state index contributed by atoms with van der Waals surface area (Å²) in [6.45, 7) is 3.71. The Bertz CT molecular complexity index is 304. The third kappa shape index (κ3) is 3.40. The van der Waals surface area contributed by atoms with E-state index in [4.69, 9.17) is 4.42 Å². The molecule has 4 nitrogen and oxygen atoms in total. The Kier molecular flexibility index (Phi) is 3.91. The molecule has 0 aliphatic carbocycles. The molecule has 1 aromatic heterocycles. The van der Waals surface area contributed by atoms with Gasteiger partial charge in [0.1, 0.15) is 11.4 Å². The Hall–Kier alpha value is -1.29. The number of hydrogen-bond acceptors (Lipinski definition) is 3. The van der Waals surface area contributed by atoms with Gasteiger partial charge in [-0.15, -0.1) is 0 Å². The minimum atomic E-state index is -1.15. The van der Waals surface area contributed by atoms with Gasteiger partial charge < -0.3 is 14.8 Å². The normalized spacial score (nSPS) is 14.6. The lowest BCUT2D eigenvalue weighted by Gasteiger charge is -2.20. The summed E-state index contributed by atoms with van der Waals surface area (Å²) in [5, 5.41) is 12.6. The predicted molar refractivity (Wildman–Crippen MR) is 56.2 cm³/mol. The van der Waals surface area contributed by atoms with E-state index in [1.807, 2.05) is 6.92 Å². The molecule has 1 heterocycles. The van der Waals surface area contributed by atoms with E-state index in [0.717, 1.165) is 6.42 Å². The summed E-state index contributed by atoms with van der Waals surface area (Å²) in [6, 6.07) is 3.39. The zero-order valence-electron chi connectivity index (χ0n) is 9.12. The summed E-state index contributed by atoms with van der Waals surface area (Å²) in [7, 11) is 0. The molecule has 0 aromatic carbocycles. The third-order valence-corrected chi connectivity index (χ3v) is 2.16. The molecule has 1 aromatic rings. The first-order valence-electron chi connectivity index (χ1n) is 5.09. The highest BCUT2D eigenvalue weighted by molar-refractivity contribution is 5.75. The van der Waals surface area contributed by atoms with E-state index in [2.05, 4.69) is 5.32 Å². The van der Waals surface area contributed by atoms with Gasteiger partial charge >= 0.3 is 0 Å². The lowest BCUT2D eigenvalue weighted by molar-refractivity contribution is -0.122. The molecule has 0 aliphatic rings. The monoisotopic (exact) mass is 211 g/mol.